The molecule has 0 bridgehead atoms. The minimum Gasteiger partial charge on any atom is -0.369 e. The topological polar surface area (TPSA) is 6.48 Å². The predicted octanol–water partition coefficient (Wildman–Crippen LogP) is 3.84. The second-order valence-electron chi connectivity index (χ2n) is 6.45. The number of halogens is 1. The van der Waals surface area contributed by atoms with E-state index >= 15 is 0 Å². The van der Waals surface area contributed by atoms with E-state index in [1.807, 2.05) is 6.07 Å². The molecule has 1 unspecified atom stereocenters. The first-order valence-electron chi connectivity index (χ1n) is 8.55. The standard InChI is InChI=1S/C18H27FN2/c1-2-15-7-8-18(17(19)14-15)21-12-5-6-16(9-13-21)20-10-3-4-11-20/h7-8,14,16H,2-6,9-13H2,1H3. The molecule has 1 atom stereocenters. The molecular weight excluding hydrogens is 263 g/mol. The van der Waals surface area contributed by atoms with Gasteiger partial charge in [-0.25, -0.2) is 4.39 Å². The summed E-state index contributed by atoms with van der Waals surface area (Å²) in [5, 5.41) is 0. The molecule has 0 aliphatic carbocycles. The number of anilines is 1. The van der Waals surface area contributed by atoms with E-state index in [1.54, 1.807) is 6.07 Å². The molecule has 0 N–H and O–H groups in total. The molecule has 116 valence electrons. The maximum atomic E-state index is 14.3. The minimum atomic E-state index is -0.0472. The Morgan fingerprint density at radius 1 is 1.05 bits per heavy atom. The van der Waals surface area contributed by atoms with Crippen molar-refractivity contribution in [2.45, 2.75) is 51.5 Å². The van der Waals surface area contributed by atoms with Crippen LogP contribution in [0.3, 0.4) is 0 Å². The Labute approximate surface area is 127 Å². The highest BCUT2D eigenvalue weighted by atomic mass is 19.1. The number of benzene rings is 1. The van der Waals surface area contributed by atoms with Crippen molar-refractivity contribution in [2.24, 2.45) is 0 Å². The normalized spacial score (nSPS) is 24.3. The molecule has 2 fully saturated rings. The fourth-order valence-electron chi connectivity index (χ4n) is 3.82. The first-order chi connectivity index (χ1) is 10.3. The van der Waals surface area contributed by atoms with Gasteiger partial charge >= 0.3 is 0 Å². The number of hydrogen-bond acceptors (Lipinski definition) is 2. The Bertz CT molecular complexity index is 468. The summed E-state index contributed by atoms with van der Waals surface area (Å²) in [6.45, 7) is 6.59. The van der Waals surface area contributed by atoms with Gasteiger partial charge in [0.1, 0.15) is 5.82 Å². The number of likely N-dealkylation sites (tertiary alicyclic amines) is 1. The van der Waals surface area contributed by atoms with Crippen LogP contribution in [0.5, 0.6) is 0 Å². The van der Waals surface area contributed by atoms with E-state index in [2.05, 4.69) is 22.8 Å². The minimum absolute atomic E-state index is 0.0472. The first kappa shape index (κ1) is 14.8. The SMILES string of the molecule is CCc1ccc(N2CCCC(N3CCCC3)CC2)c(F)c1. The van der Waals surface area contributed by atoms with Crippen LogP contribution < -0.4 is 4.90 Å². The number of aryl methyl sites for hydroxylation is 1. The highest BCUT2D eigenvalue weighted by Crippen LogP contribution is 2.26. The smallest absolute Gasteiger partial charge is 0.146 e. The maximum absolute atomic E-state index is 14.3. The summed E-state index contributed by atoms with van der Waals surface area (Å²) in [4.78, 5) is 4.91. The summed E-state index contributed by atoms with van der Waals surface area (Å²) in [5.74, 6) is -0.0472. The molecular formula is C18H27FN2. The molecule has 0 amide bonds. The van der Waals surface area contributed by atoms with Crippen LogP contribution in [-0.2, 0) is 6.42 Å². The van der Waals surface area contributed by atoms with E-state index in [9.17, 15) is 4.39 Å². The molecule has 0 saturated carbocycles. The zero-order valence-corrected chi connectivity index (χ0v) is 13.2. The van der Waals surface area contributed by atoms with E-state index in [0.717, 1.165) is 36.8 Å². The zero-order chi connectivity index (χ0) is 14.7. The first-order valence-corrected chi connectivity index (χ1v) is 8.55. The molecule has 1 aromatic rings. The molecule has 0 spiro atoms. The summed E-state index contributed by atoms with van der Waals surface area (Å²) < 4.78 is 14.3. The maximum Gasteiger partial charge on any atom is 0.146 e. The molecule has 2 aliphatic rings. The molecule has 0 radical (unpaired) electrons. The lowest BCUT2D eigenvalue weighted by atomic mass is 10.1. The molecule has 2 heterocycles. The summed E-state index contributed by atoms with van der Waals surface area (Å²) in [5.41, 5.74) is 1.88. The molecule has 2 aliphatic heterocycles. The van der Waals surface area contributed by atoms with Crippen molar-refractivity contribution in [1.29, 1.82) is 0 Å². The predicted molar refractivity (Wildman–Crippen MR) is 86.4 cm³/mol. The van der Waals surface area contributed by atoms with E-state index in [4.69, 9.17) is 0 Å². The van der Waals surface area contributed by atoms with E-state index in [-0.39, 0.29) is 5.82 Å². The lowest BCUT2D eigenvalue weighted by molar-refractivity contribution is 0.225. The van der Waals surface area contributed by atoms with Crippen LogP contribution >= 0.6 is 0 Å². The van der Waals surface area contributed by atoms with Crippen LogP contribution in [0.2, 0.25) is 0 Å². The zero-order valence-electron chi connectivity index (χ0n) is 13.2. The Balaban J connectivity index is 1.66. The highest BCUT2D eigenvalue weighted by Gasteiger charge is 2.25. The van der Waals surface area contributed by atoms with Crippen LogP contribution in [0.4, 0.5) is 10.1 Å². The molecule has 2 nitrogen and oxygen atoms in total. The van der Waals surface area contributed by atoms with Crippen molar-refractivity contribution in [1.82, 2.24) is 4.90 Å². The van der Waals surface area contributed by atoms with Crippen molar-refractivity contribution in [3.05, 3.63) is 29.6 Å². The van der Waals surface area contributed by atoms with Crippen molar-refractivity contribution in [3.8, 4) is 0 Å². The number of nitrogens with zero attached hydrogens (tertiary/aromatic N) is 2. The quantitative estimate of drug-likeness (QED) is 0.834. The van der Waals surface area contributed by atoms with E-state index in [0.29, 0.717) is 0 Å². The van der Waals surface area contributed by atoms with Gasteiger partial charge in [-0.15, -0.1) is 0 Å². The largest absolute Gasteiger partial charge is 0.369 e. The summed E-state index contributed by atoms with van der Waals surface area (Å²) >= 11 is 0. The van der Waals surface area contributed by atoms with Gasteiger partial charge in [0.05, 0.1) is 5.69 Å². The number of hydrogen-bond donors (Lipinski definition) is 0. The molecule has 1 aromatic carbocycles. The van der Waals surface area contributed by atoms with E-state index < -0.39 is 0 Å². The average Bonchev–Trinajstić information content (AvgIpc) is 2.92. The van der Waals surface area contributed by atoms with Crippen LogP contribution in [0, 0.1) is 5.82 Å². The fourth-order valence-corrected chi connectivity index (χ4v) is 3.82. The third-order valence-corrected chi connectivity index (χ3v) is 5.12. The van der Waals surface area contributed by atoms with Crippen LogP contribution in [0.15, 0.2) is 18.2 Å². The molecule has 2 saturated heterocycles. The van der Waals surface area contributed by atoms with Gasteiger partial charge in [-0.2, -0.15) is 0 Å². The summed E-state index contributed by atoms with van der Waals surface area (Å²) in [6.07, 6.45) is 7.23. The Morgan fingerprint density at radius 3 is 2.57 bits per heavy atom. The second kappa shape index (κ2) is 6.78. The third kappa shape index (κ3) is 3.39. The lowest BCUT2D eigenvalue weighted by Crippen LogP contribution is -2.34. The van der Waals surface area contributed by atoms with E-state index in [1.165, 1.54) is 45.2 Å². The molecule has 3 rings (SSSR count). The van der Waals surface area contributed by atoms with Gasteiger partial charge in [-0.1, -0.05) is 13.0 Å². The lowest BCUT2D eigenvalue weighted by Gasteiger charge is -2.27. The van der Waals surface area contributed by atoms with Gasteiger partial charge in [0, 0.05) is 19.1 Å². The van der Waals surface area contributed by atoms with Crippen molar-refractivity contribution in [3.63, 3.8) is 0 Å². The highest BCUT2D eigenvalue weighted by molar-refractivity contribution is 5.49. The monoisotopic (exact) mass is 290 g/mol. The van der Waals surface area contributed by atoms with Crippen molar-refractivity contribution >= 4 is 5.69 Å². The third-order valence-electron chi connectivity index (χ3n) is 5.12. The van der Waals surface area contributed by atoms with Gasteiger partial charge in [0.25, 0.3) is 0 Å². The Kier molecular flexibility index (Phi) is 4.79. The van der Waals surface area contributed by atoms with Crippen molar-refractivity contribution < 1.29 is 4.39 Å². The van der Waals surface area contributed by atoms with Gasteiger partial charge in [0.2, 0.25) is 0 Å². The fraction of sp³-hybridized carbons (Fsp3) is 0.667. The Hall–Kier alpha value is -1.09. The van der Waals surface area contributed by atoms with Gasteiger partial charge < -0.3 is 9.80 Å². The molecule has 21 heavy (non-hydrogen) atoms. The van der Waals surface area contributed by atoms with Crippen LogP contribution in [-0.4, -0.2) is 37.1 Å². The van der Waals surface area contributed by atoms with Crippen LogP contribution in [0.25, 0.3) is 0 Å². The molecule has 3 heteroatoms. The van der Waals surface area contributed by atoms with Gasteiger partial charge in [0.15, 0.2) is 0 Å². The van der Waals surface area contributed by atoms with Gasteiger partial charge in [-0.05, 0) is 69.3 Å². The van der Waals surface area contributed by atoms with Crippen LogP contribution in [0.1, 0.15) is 44.6 Å². The second-order valence-corrected chi connectivity index (χ2v) is 6.45. The molecule has 0 aromatic heterocycles. The number of rotatable bonds is 3. The Morgan fingerprint density at radius 2 is 1.86 bits per heavy atom. The summed E-state index contributed by atoms with van der Waals surface area (Å²) in [7, 11) is 0. The average molecular weight is 290 g/mol. The van der Waals surface area contributed by atoms with Gasteiger partial charge in [-0.3, -0.25) is 0 Å². The van der Waals surface area contributed by atoms with Crippen molar-refractivity contribution in [2.75, 3.05) is 31.1 Å². The summed E-state index contributed by atoms with van der Waals surface area (Å²) in [6, 6.07) is 6.47.